The third-order valence-electron chi connectivity index (χ3n) is 4.87. The van der Waals surface area contributed by atoms with Gasteiger partial charge < -0.3 is 13.9 Å². The molecule has 1 aliphatic rings. The molecule has 0 radical (unpaired) electrons. The number of ether oxygens (including phenoxy) is 2. The molecule has 3 aromatic rings. The van der Waals surface area contributed by atoms with Gasteiger partial charge >= 0.3 is 0 Å². The number of hydrogen-bond acceptors (Lipinski definition) is 8. The van der Waals surface area contributed by atoms with Crippen molar-refractivity contribution in [2.75, 3.05) is 20.0 Å². The second-order valence-electron chi connectivity index (χ2n) is 6.77. The number of carbonyl (C=O) groups excluding carboxylic acids is 1. The molecule has 162 valence electrons. The first-order chi connectivity index (χ1) is 14.9. The summed E-state index contributed by atoms with van der Waals surface area (Å²) in [6.07, 6.45) is 1.96. The molecule has 2 aromatic heterocycles. The van der Waals surface area contributed by atoms with Crippen molar-refractivity contribution in [3.8, 4) is 11.5 Å². The average molecular weight is 461 g/mol. The summed E-state index contributed by atoms with van der Waals surface area (Å²) in [6, 6.07) is 11.0. The first kappa shape index (κ1) is 21.1. The van der Waals surface area contributed by atoms with E-state index in [-0.39, 0.29) is 10.6 Å². The molecule has 1 amide bonds. The smallest absolute Gasteiger partial charge is 0.258 e. The Hall–Kier alpha value is -3.11. The summed E-state index contributed by atoms with van der Waals surface area (Å²) >= 11 is 1.51. The third-order valence-corrected chi connectivity index (χ3v) is 7.39. The lowest BCUT2D eigenvalue weighted by Crippen LogP contribution is -2.32. The molecule has 8 nitrogen and oxygen atoms in total. The second-order valence-corrected chi connectivity index (χ2v) is 9.71. The van der Waals surface area contributed by atoms with Crippen LogP contribution in [0.5, 0.6) is 11.5 Å². The van der Waals surface area contributed by atoms with Crippen LogP contribution < -0.4 is 9.47 Å². The number of benzene rings is 1. The Morgan fingerprint density at radius 2 is 2.00 bits per heavy atom. The van der Waals surface area contributed by atoms with E-state index in [9.17, 15) is 13.2 Å². The minimum Gasteiger partial charge on any atom is -0.493 e. The quantitative estimate of drug-likeness (QED) is 0.535. The number of hydrogen-bond donors (Lipinski definition) is 0. The van der Waals surface area contributed by atoms with Gasteiger partial charge in [0.15, 0.2) is 21.3 Å². The van der Waals surface area contributed by atoms with Gasteiger partial charge in [-0.25, -0.2) is 13.4 Å². The summed E-state index contributed by atoms with van der Waals surface area (Å²) in [5.41, 5.74) is 0.716. The van der Waals surface area contributed by atoms with Crippen molar-refractivity contribution >= 4 is 32.8 Å². The van der Waals surface area contributed by atoms with Crippen LogP contribution in [-0.4, -0.2) is 45.0 Å². The molecule has 0 bridgehead atoms. The van der Waals surface area contributed by atoms with Crippen molar-refractivity contribution < 1.29 is 27.1 Å². The van der Waals surface area contributed by atoms with Gasteiger partial charge in [0.1, 0.15) is 17.6 Å². The monoisotopic (exact) mass is 460 g/mol. The summed E-state index contributed by atoms with van der Waals surface area (Å²) in [5, 5.41) is 7.59. The predicted molar refractivity (Wildman–Crippen MR) is 115 cm³/mol. The van der Waals surface area contributed by atoms with Crippen LogP contribution in [0, 0.1) is 0 Å². The topological polar surface area (TPSA) is 98.4 Å². The summed E-state index contributed by atoms with van der Waals surface area (Å²) < 4.78 is 41.7. The molecule has 0 aliphatic carbocycles. The fraction of sp³-hybridized carbons (Fsp3) is 0.238. The van der Waals surface area contributed by atoms with E-state index in [2.05, 4.69) is 5.10 Å². The summed E-state index contributed by atoms with van der Waals surface area (Å²) in [5.74, 6) is -0.157. The van der Waals surface area contributed by atoms with Crippen molar-refractivity contribution in [2.24, 2.45) is 5.10 Å². The first-order valence-electron chi connectivity index (χ1n) is 9.34. The molecule has 3 heterocycles. The van der Waals surface area contributed by atoms with Crippen LogP contribution in [0.2, 0.25) is 0 Å². The summed E-state index contributed by atoms with van der Waals surface area (Å²) in [7, 11) is -1.07. The molecular formula is C21H20N2O6S2. The fourth-order valence-electron chi connectivity index (χ4n) is 3.36. The molecule has 0 saturated carbocycles. The zero-order valence-corrected chi connectivity index (χ0v) is 18.5. The molecule has 31 heavy (non-hydrogen) atoms. The van der Waals surface area contributed by atoms with Crippen molar-refractivity contribution in [1.82, 2.24) is 5.01 Å². The molecule has 10 heteroatoms. The van der Waals surface area contributed by atoms with E-state index in [1.807, 2.05) is 17.5 Å². The highest BCUT2D eigenvalue weighted by Crippen LogP contribution is 2.35. The SMILES string of the molecule is COc1ccc(S(=O)(=O)CC(=O)N2N=C(c3cccs3)CC2c2ccco2)cc1OC. The molecule has 1 unspecified atom stereocenters. The predicted octanol–water partition coefficient (Wildman–Crippen LogP) is 3.51. The van der Waals surface area contributed by atoms with Crippen LogP contribution in [0.1, 0.15) is 23.1 Å². The normalized spacial score (nSPS) is 16.3. The Labute approximate surface area is 183 Å². The molecule has 0 spiro atoms. The van der Waals surface area contributed by atoms with Crippen molar-refractivity contribution in [1.29, 1.82) is 0 Å². The number of nitrogens with zero attached hydrogens (tertiary/aromatic N) is 2. The molecular weight excluding hydrogens is 440 g/mol. The molecule has 1 aliphatic heterocycles. The number of carbonyl (C=O) groups is 1. The van der Waals surface area contributed by atoms with E-state index in [0.29, 0.717) is 23.6 Å². The minimum atomic E-state index is -3.94. The largest absolute Gasteiger partial charge is 0.493 e. The molecule has 4 rings (SSSR count). The zero-order valence-electron chi connectivity index (χ0n) is 16.8. The highest BCUT2D eigenvalue weighted by atomic mass is 32.2. The van der Waals surface area contributed by atoms with E-state index in [1.54, 1.807) is 12.1 Å². The second kappa shape index (κ2) is 8.56. The lowest BCUT2D eigenvalue weighted by Gasteiger charge is -2.20. The van der Waals surface area contributed by atoms with Crippen LogP contribution in [0.25, 0.3) is 0 Å². The van der Waals surface area contributed by atoms with Gasteiger partial charge in [0.05, 0.1) is 36.0 Å². The van der Waals surface area contributed by atoms with E-state index < -0.39 is 27.5 Å². The molecule has 1 aromatic carbocycles. The molecule has 0 N–H and O–H groups in total. The lowest BCUT2D eigenvalue weighted by molar-refractivity contribution is -0.130. The van der Waals surface area contributed by atoms with Gasteiger partial charge in [-0.05, 0) is 35.7 Å². The maximum Gasteiger partial charge on any atom is 0.258 e. The number of sulfone groups is 1. The van der Waals surface area contributed by atoms with Crippen LogP contribution in [-0.2, 0) is 14.6 Å². The average Bonchev–Trinajstić information content (AvgIpc) is 3.53. The first-order valence-corrected chi connectivity index (χ1v) is 11.9. The third kappa shape index (κ3) is 4.21. The number of furan rings is 1. The van der Waals surface area contributed by atoms with E-state index in [0.717, 1.165) is 4.88 Å². The van der Waals surface area contributed by atoms with E-state index in [1.165, 1.54) is 55.0 Å². The molecule has 1 atom stereocenters. The fourth-order valence-corrected chi connectivity index (χ4v) is 5.26. The Morgan fingerprint density at radius 3 is 2.65 bits per heavy atom. The summed E-state index contributed by atoms with van der Waals surface area (Å²) in [6.45, 7) is 0. The Kier molecular flexibility index (Phi) is 5.84. The lowest BCUT2D eigenvalue weighted by atomic mass is 10.1. The number of thiophene rings is 1. The molecule has 0 fully saturated rings. The number of rotatable bonds is 7. The van der Waals surface area contributed by atoms with Crippen LogP contribution in [0.15, 0.2) is 68.5 Å². The highest BCUT2D eigenvalue weighted by molar-refractivity contribution is 7.92. The van der Waals surface area contributed by atoms with Gasteiger partial charge in [-0.2, -0.15) is 5.10 Å². The van der Waals surface area contributed by atoms with Gasteiger partial charge in [0.25, 0.3) is 5.91 Å². The Morgan fingerprint density at radius 1 is 1.19 bits per heavy atom. The van der Waals surface area contributed by atoms with Crippen LogP contribution in [0.4, 0.5) is 0 Å². The molecule has 0 saturated heterocycles. The van der Waals surface area contributed by atoms with Crippen molar-refractivity contribution in [3.05, 3.63) is 64.7 Å². The summed E-state index contributed by atoms with van der Waals surface area (Å²) in [4.78, 5) is 14.0. The van der Waals surface area contributed by atoms with Crippen molar-refractivity contribution in [3.63, 3.8) is 0 Å². The number of hydrazone groups is 1. The Bertz CT molecular complexity index is 1200. The van der Waals surface area contributed by atoms with Gasteiger partial charge in [-0.3, -0.25) is 4.79 Å². The van der Waals surface area contributed by atoms with Gasteiger partial charge in [-0.15, -0.1) is 11.3 Å². The van der Waals surface area contributed by atoms with Crippen LogP contribution in [0.3, 0.4) is 0 Å². The van der Waals surface area contributed by atoms with Gasteiger partial charge in [0, 0.05) is 12.5 Å². The van der Waals surface area contributed by atoms with Gasteiger partial charge in [-0.1, -0.05) is 6.07 Å². The van der Waals surface area contributed by atoms with Crippen molar-refractivity contribution in [2.45, 2.75) is 17.4 Å². The van der Waals surface area contributed by atoms with Crippen LogP contribution >= 0.6 is 11.3 Å². The van der Waals surface area contributed by atoms with E-state index in [4.69, 9.17) is 13.9 Å². The van der Waals surface area contributed by atoms with Gasteiger partial charge in [0.2, 0.25) is 0 Å². The number of methoxy groups -OCH3 is 2. The Balaban J connectivity index is 1.62. The maximum atomic E-state index is 13.1. The zero-order chi connectivity index (χ0) is 22.0. The standard InChI is InChI=1S/C21H20N2O6S2/c1-27-18-8-7-14(11-19(18)28-2)31(25,26)13-21(24)23-16(17-5-3-9-29-17)12-15(22-23)20-6-4-10-30-20/h3-11,16H,12-13H2,1-2H3. The number of amides is 1. The minimum absolute atomic E-state index is 0.0327. The maximum absolute atomic E-state index is 13.1. The van der Waals surface area contributed by atoms with E-state index >= 15 is 0 Å². The highest BCUT2D eigenvalue weighted by Gasteiger charge is 2.37.